The van der Waals surface area contributed by atoms with E-state index in [9.17, 15) is 0 Å². The maximum Gasteiger partial charge on any atom is 0.147 e. The van der Waals surface area contributed by atoms with Gasteiger partial charge in [0.05, 0.1) is 22.4 Å². The molecule has 0 aliphatic carbocycles. The zero-order valence-electron chi connectivity index (χ0n) is 19.0. The van der Waals surface area contributed by atoms with Gasteiger partial charge in [0, 0.05) is 29.6 Å². The van der Waals surface area contributed by atoms with Crippen molar-refractivity contribution in [3.8, 4) is 0 Å². The number of rotatable bonds is 7. The molecule has 162 valence electrons. The van der Waals surface area contributed by atoms with Gasteiger partial charge < -0.3 is 15.0 Å². The largest absolute Gasteiger partial charge is 0.370 e. The van der Waals surface area contributed by atoms with E-state index in [1.807, 2.05) is 0 Å². The van der Waals surface area contributed by atoms with Crippen molar-refractivity contribution in [1.82, 2.24) is 19.9 Å². The van der Waals surface area contributed by atoms with Crippen molar-refractivity contribution in [2.75, 3.05) is 32.5 Å². The zero-order chi connectivity index (χ0) is 21.5. The Balaban J connectivity index is 1.82. The van der Waals surface area contributed by atoms with Crippen molar-refractivity contribution in [2.45, 2.75) is 59.2 Å². The maximum atomic E-state index is 6.17. The first-order valence-corrected chi connectivity index (χ1v) is 11.7. The summed E-state index contributed by atoms with van der Waals surface area (Å²) in [5.74, 6) is 1.48. The molecule has 7 heteroatoms. The number of nitrogens with one attached hydrogen (secondary N) is 1. The van der Waals surface area contributed by atoms with E-state index >= 15 is 0 Å². The molecule has 4 heterocycles. The molecule has 0 amide bonds. The fourth-order valence-electron chi connectivity index (χ4n) is 4.16. The summed E-state index contributed by atoms with van der Waals surface area (Å²) in [5.41, 5.74) is 4.68. The lowest BCUT2D eigenvalue weighted by Gasteiger charge is -2.33. The van der Waals surface area contributed by atoms with Gasteiger partial charge in [0.15, 0.2) is 0 Å². The van der Waals surface area contributed by atoms with Crippen LogP contribution in [0.1, 0.15) is 50.9 Å². The lowest BCUT2D eigenvalue weighted by molar-refractivity contribution is -0.0402. The Kier molecular flexibility index (Phi) is 5.97. The summed E-state index contributed by atoms with van der Waals surface area (Å²) in [6.45, 7) is 11.4. The van der Waals surface area contributed by atoms with Gasteiger partial charge in [-0.25, -0.2) is 15.0 Å². The van der Waals surface area contributed by atoms with Gasteiger partial charge in [0.25, 0.3) is 0 Å². The van der Waals surface area contributed by atoms with Crippen LogP contribution in [-0.4, -0.2) is 52.6 Å². The van der Waals surface area contributed by atoms with Crippen molar-refractivity contribution in [3.05, 3.63) is 23.1 Å². The third-order valence-electron chi connectivity index (χ3n) is 5.59. The molecule has 1 aliphatic heterocycles. The highest BCUT2D eigenvalue weighted by Gasteiger charge is 2.31. The number of thiophene rings is 1. The smallest absolute Gasteiger partial charge is 0.147 e. The Labute approximate surface area is 183 Å². The number of fused-ring (bicyclic) bond motifs is 5. The highest BCUT2D eigenvalue weighted by Crippen LogP contribution is 2.42. The summed E-state index contributed by atoms with van der Waals surface area (Å²) in [4.78, 5) is 17.6. The van der Waals surface area contributed by atoms with Gasteiger partial charge in [-0.05, 0) is 58.8 Å². The van der Waals surface area contributed by atoms with Crippen LogP contribution in [0.5, 0.6) is 0 Å². The topological polar surface area (TPSA) is 63.2 Å². The molecule has 0 saturated carbocycles. The second-order valence-electron chi connectivity index (χ2n) is 9.60. The summed E-state index contributed by atoms with van der Waals surface area (Å²) >= 11 is 1.72. The number of nitrogens with zero attached hydrogens (tertiary/aromatic N) is 4. The van der Waals surface area contributed by atoms with E-state index in [0.29, 0.717) is 12.5 Å². The molecule has 30 heavy (non-hydrogen) atoms. The number of aromatic nitrogens is 3. The quantitative estimate of drug-likeness (QED) is 0.554. The Hall–Kier alpha value is -1.83. The Morgan fingerprint density at radius 2 is 2.03 bits per heavy atom. The average molecular weight is 428 g/mol. The molecule has 0 unspecified atom stereocenters. The maximum absolute atomic E-state index is 6.17. The number of hydrogen-bond donors (Lipinski definition) is 1. The number of ether oxygens (including phenoxy) is 1. The van der Waals surface area contributed by atoms with Crippen LogP contribution in [0.3, 0.4) is 0 Å². The van der Waals surface area contributed by atoms with E-state index in [0.717, 1.165) is 53.2 Å². The zero-order valence-corrected chi connectivity index (χ0v) is 19.8. The van der Waals surface area contributed by atoms with Crippen molar-refractivity contribution in [2.24, 2.45) is 5.92 Å². The van der Waals surface area contributed by atoms with E-state index in [1.54, 1.807) is 17.7 Å². The van der Waals surface area contributed by atoms with E-state index in [1.165, 1.54) is 22.2 Å². The number of hydrogen-bond acceptors (Lipinski definition) is 7. The molecule has 1 aliphatic rings. The predicted octanol–water partition coefficient (Wildman–Crippen LogP) is 4.65. The first-order valence-electron chi connectivity index (χ1n) is 10.9. The fraction of sp³-hybridized carbons (Fsp3) is 0.609. The molecule has 3 aromatic heterocycles. The molecule has 0 spiro atoms. The van der Waals surface area contributed by atoms with Crippen LogP contribution < -0.4 is 5.32 Å². The standard InChI is InChI=1S/C23H33N5OS/c1-14(2)10-17-16-12-29-23(3,4)11-15(16)18-19-20(30-22(18)27-17)21(26-13-25-19)24-8-7-9-28(5)6/h13-14H,7-12H2,1-6H3,(H,24,25,26). The second-order valence-corrected chi connectivity index (χ2v) is 10.6. The van der Waals surface area contributed by atoms with Gasteiger partial charge >= 0.3 is 0 Å². The molecule has 0 radical (unpaired) electrons. The molecule has 4 rings (SSSR count). The van der Waals surface area contributed by atoms with Crippen LogP contribution in [0.15, 0.2) is 6.33 Å². The van der Waals surface area contributed by atoms with Crippen LogP contribution in [0.25, 0.3) is 20.4 Å². The van der Waals surface area contributed by atoms with Crippen LogP contribution in [-0.2, 0) is 24.2 Å². The minimum Gasteiger partial charge on any atom is -0.370 e. The molecular weight excluding hydrogens is 394 g/mol. The molecule has 0 aromatic carbocycles. The summed E-state index contributed by atoms with van der Waals surface area (Å²) in [7, 11) is 4.20. The van der Waals surface area contributed by atoms with Crippen molar-refractivity contribution >= 4 is 37.6 Å². The number of anilines is 1. The predicted molar refractivity (Wildman–Crippen MR) is 125 cm³/mol. The van der Waals surface area contributed by atoms with Gasteiger partial charge in [0.1, 0.15) is 17.0 Å². The molecule has 0 atom stereocenters. The molecule has 6 nitrogen and oxygen atoms in total. The minimum absolute atomic E-state index is 0.176. The highest BCUT2D eigenvalue weighted by atomic mass is 32.1. The Morgan fingerprint density at radius 3 is 2.77 bits per heavy atom. The van der Waals surface area contributed by atoms with Gasteiger partial charge in [-0.15, -0.1) is 11.3 Å². The molecule has 0 saturated heterocycles. The highest BCUT2D eigenvalue weighted by molar-refractivity contribution is 7.26. The minimum atomic E-state index is -0.176. The molecular formula is C23H33N5OS. The summed E-state index contributed by atoms with van der Waals surface area (Å²) in [6.07, 6.45) is 4.61. The van der Waals surface area contributed by atoms with Crippen LogP contribution in [0.4, 0.5) is 5.82 Å². The van der Waals surface area contributed by atoms with Gasteiger partial charge in [-0.2, -0.15) is 0 Å². The van der Waals surface area contributed by atoms with E-state index < -0.39 is 0 Å². The lowest BCUT2D eigenvalue weighted by Crippen LogP contribution is -2.33. The summed E-state index contributed by atoms with van der Waals surface area (Å²) in [6, 6.07) is 0. The number of pyridine rings is 1. The van der Waals surface area contributed by atoms with Crippen LogP contribution in [0, 0.1) is 5.92 Å². The summed E-state index contributed by atoms with van der Waals surface area (Å²) < 4.78 is 7.28. The van der Waals surface area contributed by atoms with E-state index in [2.05, 4.69) is 57.0 Å². The molecule has 3 aromatic rings. The second kappa shape index (κ2) is 8.36. The fourth-order valence-corrected chi connectivity index (χ4v) is 5.30. The first-order chi connectivity index (χ1) is 14.2. The SMILES string of the molecule is CC(C)Cc1nc2sc3c(NCCCN(C)C)ncnc3c2c2c1COC(C)(C)C2. The third-order valence-corrected chi connectivity index (χ3v) is 6.67. The van der Waals surface area contributed by atoms with Crippen molar-refractivity contribution < 1.29 is 4.74 Å². The van der Waals surface area contributed by atoms with E-state index in [-0.39, 0.29) is 5.60 Å². The third kappa shape index (κ3) is 4.29. The van der Waals surface area contributed by atoms with Crippen LogP contribution in [0.2, 0.25) is 0 Å². The van der Waals surface area contributed by atoms with Crippen molar-refractivity contribution in [1.29, 1.82) is 0 Å². The first kappa shape index (κ1) is 21.4. The van der Waals surface area contributed by atoms with Gasteiger partial charge in [0.2, 0.25) is 0 Å². The average Bonchev–Trinajstić information content (AvgIpc) is 3.03. The molecule has 1 N–H and O–H groups in total. The normalized spacial score (nSPS) is 16.0. The monoisotopic (exact) mass is 427 g/mol. The van der Waals surface area contributed by atoms with E-state index in [4.69, 9.17) is 14.7 Å². The lowest BCUT2D eigenvalue weighted by atomic mass is 9.88. The Morgan fingerprint density at radius 1 is 1.23 bits per heavy atom. The Bertz CT molecular complexity index is 1060. The molecule has 0 fully saturated rings. The van der Waals surface area contributed by atoms with Crippen molar-refractivity contribution in [3.63, 3.8) is 0 Å². The van der Waals surface area contributed by atoms with Crippen LogP contribution >= 0.6 is 11.3 Å². The summed E-state index contributed by atoms with van der Waals surface area (Å²) in [5, 5.41) is 4.73. The van der Waals surface area contributed by atoms with Gasteiger partial charge in [-0.3, -0.25) is 0 Å². The molecule has 0 bridgehead atoms. The van der Waals surface area contributed by atoms with Gasteiger partial charge in [-0.1, -0.05) is 13.8 Å².